The molecule has 0 saturated heterocycles. The van der Waals surface area contributed by atoms with Crippen LogP contribution in [0.2, 0.25) is 0 Å². The van der Waals surface area contributed by atoms with Gasteiger partial charge in [-0.25, -0.2) is 8.78 Å². The van der Waals surface area contributed by atoms with Gasteiger partial charge in [-0.05, 0) is 20.8 Å². The number of aryl methyl sites for hydroxylation is 4. The van der Waals surface area contributed by atoms with E-state index in [2.05, 4.69) is 6.07 Å². The fourth-order valence-corrected chi connectivity index (χ4v) is 4.59. The average molecular weight is 630 g/mol. The number of carbonyl (C=O) groups is 1. The van der Waals surface area contributed by atoms with Crippen LogP contribution in [-0.2, 0) is 0 Å². The van der Waals surface area contributed by atoms with Crippen LogP contribution in [-0.4, -0.2) is 5.97 Å². The summed E-state index contributed by atoms with van der Waals surface area (Å²) in [6.45, 7) is 7.35. The zero-order valence-electron chi connectivity index (χ0n) is 18.4. The third kappa shape index (κ3) is 6.05. The molecule has 0 atom stereocenters. The summed E-state index contributed by atoms with van der Waals surface area (Å²) < 4.78 is 96.5. The molecule has 0 aromatic heterocycles. The van der Waals surface area contributed by atoms with Gasteiger partial charge in [0.15, 0.2) is 16.5 Å². The van der Waals surface area contributed by atoms with E-state index in [9.17, 15) is 33.0 Å². The maximum Gasteiger partial charge on any atom is 0.315 e. The van der Waals surface area contributed by atoms with Gasteiger partial charge in [-0.2, -0.15) is 0 Å². The summed E-state index contributed by atoms with van der Waals surface area (Å²) in [7, 11) is -10.6. The largest absolute Gasteiger partial charge is 0.467 e. The Morgan fingerprint density at radius 3 is 1.76 bits per heavy atom. The van der Waals surface area contributed by atoms with Gasteiger partial charge in [-0.3, -0.25) is 0 Å². The number of esters is 1. The SMILES string of the molecule is Cc1cc(C)c(-c2c[c-]c(C(=O)Oc3cc(F)c(S(F)(F)(F)(F)F)c(F)c3)c(C)c2)c(C)c1.[La]. The van der Waals surface area contributed by atoms with E-state index in [1.165, 1.54) is 6.07 Å². The Bertz CT molecular complexity index is 1260. The topological polar surface area (TPSA) is 26.3 Å². The molecule has 0 N–H and O–H groups in total. The molecule has 3 aromatic carbocycles. The van der Waals surface area contributed by atoms with Crippen LogP contribution in [0.15, 0.2) is 41.3 Å². The van der Waals surface area contributed by atoms with Crippen molar-refractivity contribution in [3.05, 3.63) is 81.9 Å². The molecular formula is C23H18F7LaO2S-. The predicted octanol–water partition coefficient (Wildman–Crippen LogP) is 8.54. The van der Waals surface area contributed by atoms with Crippen LogP contribution in [0.25, 0.3) is 11.1 Å². The van der Waals surface area contributed by atoms with E-state index < -0.39 is 38.5 Å². The van der Waals surface area contributed by atoms with Gasteiger partial charge in [0.1, 0.15) is 5.75 Å². The average Bonchev–Trinajstić information content (AvgIpc) is 2.57. The summed E-state index contributed by atoms with van der Waals surface area (Å²) in [4.78, 5) is 9.14. The van der Waals surface area contributed by atoms with E-state index in [0.29, 0.717) is 5.56 Å². The molecule has 0 heterocycles. The second-order valence-electron chi connectivity index (χ2n) is 7.79. The van der Waals surface area contributed by atoms with E-state index in [4.69, 9.17) is 4.74 Å². The molecule has 11 heteroatoms. The maximum absolute atomic E-state index is 13.8. The van der Waals surface area contributed by atoms with Gasteiger partial charge in [0.2, 0.25) is 0 Å². The fraction of sp³-hybridized carbons (Fsp3) is 0.174. The number of hydrogen-bond donors (Lipinski definition) is 0. The van der Waals surface area contributed by atoms with Crippen molar-refractivity contribution in [2.75, 3.05) is 0 Å². The first-order chi connectivity index (χ1) is 14.9. The molecule has 3 rings (SSSR count). The third-order valence-corrected chi connectivity index (χ3v) is 6.04. The van der Waals surface area contributed by atoms with Gasteiger partial charge in [0.25, 0.3) is 5.97 Å². The van der Waals surface area contributed by atoms with Crippen LogP contribution in [0.1, 0.15) is 32.6 Å². The molecule has 34 heavy (non-hydrogen) atoms. The Balaban J connectivity index is 0.00000408. The predicted molar refractivity (Wildman–Crippen MR) is 112 cm³/mol. The second-order valence-corrected chi connectivity index (χ2v) is 10.1. The molecule has 1 radical (unpaired) electrons. The number of carbonyl (C=O) groups excluding carboxylic acids is 1. The zero-order valence-corrected chi connectivity index (χ0v) is 22.9. The zero-order chi connectivity index (χ0) is 25.0. The number of hydrogen-bond acceptors (Lipinski definition) is 2. The van der Waals surface area contributed by atoms with E-state index in [1.807, 2.05) is 32.9 Å². The number of rotatable bonds is 4. The van der Waals surface area contributed by atoms with Gasteiger partial charge < -0.3 is 9.53 Å². The molecule has 0 fully saturated rings. The first-order valence-electron chi connectivity index (χ1n) is 9.43. The van der Waals surface area contributed by atoms with E-state index in [0.717, 1.165) is 27.8 Å². The van der Waals surface area contributed by atoms with Crippen molar-refractivity contribution in [1.82, 2.24) is 0 Å². The van der Waals surface area contributed by atoms with Crippen LogP contribution >= 0.6 is 10.2 Å². The molecule has 0 amide bonds. The van der Waals surface area contributed by atoms with Gasteiger partial charge in [0.05, 0.1) is 0 Å². The monoisotopic (exact) mass is 630 g/mol. The molecule has 3 aromatic rings. The minimum atomic E-state index is -10.6. The standard InChI is InChI=1S/C23H18F7O2S.La/c1-12-7-14(3)21(15(4)8-12)16-5-6-18(13(2)9-16)23(31)32-17-10-19(24)22(20(25)11-17)33(26,27,28,29)30;/h5,7-11H,1-4H3;/q-1;. The summed E-state index contributed by atoms with van der Waals surface area (Å²) in [5, 5.41) is 0. The Morgan fingerprint density at radius 2 is 1.32 bits per heavy atom. The minimum Gasteiger partial charge on any atom is -0.467 e. The number of ether oxygens (including phenoxy) is 1. The molecule has 0 bridgehead atoms. The summed E-state index contributed by atoms with van der Waals surface area (Å²) in [6.07, 6.45) is 0. The van der Waals surface area contributed by atoms with Gasteiger partial charge in [0, 0.05) is 47.7 Å². The van der Waals surface area contributed by atoms with Crippen molar-refractivity contribution in [1.29, 1.82) is 0 Å². The van der Waals surface area contributed by atoms with Crippen LogP contribution in [0, 0.1) is 81.0 Å². The van der Waals surface area contributed by atoms with Crippen molar-refractivity contribution in [3.8, 4) is 16.9 Å². The summed E-state index contributed by atoms with van der Waals surface area (Å²) >= 11 is 0. The van der Waals surface area contributed by atoms with Crippen LogP contribution in [0.3, 0.4) is 0 Å². The quantitative estimate of drug-likeness (QED) is 0.125. The van der Waals surface area contributed by atoms with Crippen molar-refractivity contribution < 1.29 is 73.3 Å². The van der Waals surface area contributed by atoms with Gasteiger partial charge in [-0.15, -0.1) is 23.8 Å². The van der Waals surface area contributed by atoms with Crippen LogP contribution < -0.4 is 4.74 Å². The smallest absolute Gasteiger partial charge is 0.315 e. The summed E-state index contributed by atoms with van der Waals surface area (Å²) in [5.41, 5.74) is 4.97. The van der Waals surface area contributed by atoms with Crippen molar-refractivity contribution in [2.24, 2.45) is 0 Å². The molecule has 0 saturated carbocycles. The van der Waals surface area contributed by atoms with Crippen molar-refractivity contribution in [2.45, 2.75) is 32.6 Å². The first-order valence-corrected chi connectivity index (χ1v) is 11.4. The summed E-state index contributed by atoms with van der Waals surface area (Å²) in [5.74, 6) is -7.34. The van der Waals surface area contributed by atoms with Gasteiger partial charge in [-0.1, -0.05) is 71.9 Å². The molecular weight excluding hydrogens is 612 g/mol. The van der Waals surface area contributed by atoms with Crippen LogP contribution in [0.4, 0.5) is 28.2 Å². The van der Waals surface area contributed by atoms with Crippen molar-refractivity contribution in [3.63, 3.8) is 0 Å². The molecule has 0 unspecified atom stereocenters. The van der Waals surface area contributed by atoms with E-state index >= 15 is 0 Å². The number of halogens is 7. The Labute approximate surface area is 219 Å². The first kappa shape index (κ1) is 28.4. The fourth-order valence-electron chi connectivity index (χ4n) is 3.73. The molecule has 2 nitrogen and oxygen atoms in total. The summed E-state index contributed by atoms with van der Waals surface area (Å²) in [6, 6.07) is 9.63. The van der Waals surface area contributed by atoms with E-state index in [-0.39, 0.29) is 53.3 Å². The maximum atomic E-state index is 13.8. The minimum absolute atomic E-state index is 0. The molecule has 181 valence electrons. The molecule has 0 aliphatic heterocycles. The molecule has 0 aliphatic carbocycles. The van der Waals surface area contributed by atoms with Crippen molar-refractivity contribution >= 4 is 16.2 Å². The van der Waals surface area contributed by atoms with Crippen LogP contribution in [0.5, 0.6) is 5.75 Å². The molecule has 0 spiro atoms. The second kappa shape index (κ2) is 8.69. The normalized spacial score (nSPS) is 13.5. The number of benzene rings is 3. The van der Waals surface area contributed by atoms with Gasteiger partial charge >= 0.3 is 10.2 Å². The Hall–Kier alpha value is -1.82. The van der Waals surface area contributed by atoms with E-state index in [1.54, 1.807) is 13.0 Å². The Morgan fingerprint density at radius 1 is 0.824 bits per heavy atom. The Kier molecular flexibility index (Phi) is 7.26. The third-order valence-electron chi connectivity index (χ3n) is 4.88. The molecule has 0 aliphatic rings.